The minimum absolute atomic E-state index is 0.0786. The van der Waals surface area contributed by atoms with E-state index >= 15 is 0 Å². The number of carbonyl (C=O) groups excluding carboxylic acids is 1. The quantitative estimate of drug-likeness (QED) is 0.834. The first-order valence-corrected chi connectivity index (χ1v) is 9.50. The van der Waals surface area contributed by atoms with Crippen LogP contribution >= 0.6 is 11.3 Å². The average molecular weight is 344 g/mol. The molecule has 0 radical (unpaired) electrons. The Kier molecular flexibility index (Phi) is 5.45. The van der Waals surface area contributed by atoms with E-state index < -0.39 is 0 Å². The number of hydrogen-bond acceptors (Lipinski definition) is 5. The van der Waals surface area contributed by atoms with Crippen LogP contribution in [0, 0.1) is 0 Å². The third-order valence-electron chi connectivity index (χ3n) is 4.59. The molecule has 0 aromatic carbocycles. The number of likely N-dealkylation sites (tertiary alicyclic amines) is 1. The Morgan fingerprint density at radius 3 is 2.79 bits per heavy atom. The van der Waals surface area contributed by atoms with Gasteiger partial charge in [-0.2, -0.15) is 0 Å². The summed E-state index contributed by atoms with van der Waals surface area (Å²) in [7, 11) is 0. The van der Waals surface area contributed by atoms with E-state index in [1.54, 1.807) is 17.5 Å². The lowest BCUT2D eigenvalue weighted by atomic mass is 9.98. The zero-order valence-corrected chi connectivity index (χ0v) is 15.1. The number of rotatable bonds is 5. The summed E-state index contributed by atoms with van der Waals surface area (Å²) in [5.74, 6) is 1.37. The highest BCUT2D eigenvalue weighted by atomic mass is 32.1. The first-order valence-electron chi connectivity index (χ1n) is 8.62. The molecule has 0 aliphatic carbocycles. The number of anilines is 1. The van der Waals surface area contributed by atoms with Crippen molar-refractivity contribution < 1.29 is 4.79 Å². The van der Waals surface area contributed by atoms with Crippen LogP contribution in [0.3, 0.4) is 0 Å². The molecule has 1 saturated heterocycles. The van der Waals surface area contributed by atoms with Gasteiger partial charge in [0, 0.05) is 49.9 Å². The Hall–Kier alpha value is -1.95. The van der Waals surface area contributed by atoms with Crippen LogP contribution in [-0.2, 0) is 0 Å². The molecule has 128 valence electrons. The molecule has 1 atom stereocenters. The summed E-state index contributed by atoms with van der Waals surface area (Å²) in [6.45, 7) is 7.62. The van der Waals surface area contributed by atoms with Gasteiger partial charge < -0.3 is 9.80 Å². The van der Waals surface area contributed by atoms with Crippen LogP contribution in [0.25, 0.3) is 0 Å². The van der Waals surface area contributed by atoms with Gasteiger partial charge in [-0.25, -0.2) is 9.97 Å². The third-order valence-corrected chi connectivity index (χ3v) is 5.53. The van der Waals surface area contributed by atoms with Gasteiger partial charge >= 0.3 is 0 Å². The normalized spacial score (nSPS) is 17.8. The maximum Gasteiger partial charge on any atom is 0.255 e. The number of pyridine rings is 1. The molecule has 0 bridgehead atoms. The van der Waals surface area contributed by atoms with E-state index in [1.807, 2.05) is 28.6 Å². The molecule has 6 heteroatoms. The Labute approximate surface area is 147 Å². The number of nitrogens with zero attached hydrogens (tertiary/aromatic N) is 4. The second kappa shape index (κ2) is 7.75. The van der Waals surface area contributed by atoms with Gasteiger partial charge in [-0.15, -0.1) is 11.3 Å². The van der Waals surface area contributed by atoms with Gasteiger partial charge in [0.1, 0.15) is 5.82 Å². The van der Waals surface area contributed by atoms with Crippen LogP contribution in [-0.4, -0.2) is 47.0 Å². The summed E-state index contributed by atoms with van der Waals surface area (Å²) < 4.78 is 0. The lowest BCUT2D eigenvalue weighted by Gasteiger charge is -2.32. The van der Waals surface area contributed by atoms with Crippen molar-refractivity contribution in [3.05, 3.63) is 40.5 Å². The molecule has 2 aromatic heterocycles. The molecule has 0 saturated carbocycles. The Balaban J connectivity index is 1.69. The second-order valence-corrected chi connectivity index (χ2v) is 6.96. The zero-order valence-electron chi connectivity index (χ0n) is 14.3. The monoisotopic (exact) mass is 344 g/mol. The minimum Gasteiger partial charge on any atom is -0.357 e. The van der Waals surface area contributed by atoms with Gasteiger partial charge in [-0.1, -0.05) is 0 Å². The zero-order chi connectivity index (χ0) is 16.9. The van der Waals surface area contributed by atoms with Crippen LogP contribution < -0.4 is 4.90 Å². The lowest BCUT2D eigenvalue weighted by Crippen LogP contribution is -2.39. The van der Waals surface area contributed by atoms with Crippen molar-refractivity contribution in [3.63, 3.8) is 0 Å². The number of aromatic nitrogens is 2. The Bertz CT molecular complexity index is 652. The Morgan fingerprint density at radius 1 is 1.33 bits per heavy atom. The van der Waals surface area contributed by atoms with E-state index in [0.29, 0.717) is 11.5 Å². The predicted octanol–water partition coefficient (Wildman–Crippen LogP) is 3.40. The van der Waals surface area contributed by atoms with Crippen molar-refractivity contribution in [2.45, 2.75) is 32.6 Å². The SMILES string of the molecule is CCN(CC)c1ccc(C(=O)N2CCC[C@@H](c3nccs3)C2)cn1. The predicted molar refractivity (Wildman–Crippen MR) is 97.8 cm³/mol. The van der Waals surface area contributed by atoms with E-state index in [2.05, 4.69) is 28.7 Å². The summed E-state index contributed by atoms with van der Waals surface area (Å²) in [4.78, 5) is 25.8. The topological polar surface area (TPSA) is 49.3 Å². The van der Waals surface area contributed by atoms with Gasteiger partial charge in [-0.05, 0) is 38.8 Å². The van der Waals surface area contributed by atoms with E-state index in [9.17, 15) is 4.79 Å². The van der Waals surface area contributed by atoms with Crippen LogP contribution in [0.2, 0.25) is 0 Å². The summed E-state index contributed by atoms with van der Waals surface area (Å²) in [6.07, 6.45) is 5.69. The first kappa shape index (κ1) is 16.9. The lowest BCUT2D eigenvalue weighted by molar-refractivity contribution is 0.0706. The molecule has 1 aliphatic heterocycles. The average Bonchev–Trinajstić information content (AvgIpc) is 3.18. The molecule has 1 aliphatic rings. The highest BCUT2D eigenvalue weighted by molar-refractivity contribution is 7.09. The van der Waals surface area contributed by atoms with Crippen molar-refractivity contribution >= 4 is 23.1 Å². The van der Waals surface area contributed by atoms with Crippen molar-refractivity contribution in [1.82, 2.24) is 14.9 Å². The summed E-state index contributed by atoms with van der Waals surface area (Å²) in [5, 5.41) is 3.15. The number of amides is 1. The van der Waals surface area contributed by atoms with E-state index in [0.717, 1.165) is 49.8 Å². The summed E-state index contributed by atoms with van der Waals surface area (Å²) in [6, 6.07) is 3.85. The fourth-order valence-corrected chi connectivity index (χ4v) is 4.00. The Morgan fingerprint density at radius 2 is 2.17 bits per heavy atom. The molecule has 3 rings (SSSR count). The van der Waals surface area contributed by atoms with Crippen LogP contribution in [0.4, 0.5) is 5.82 Å². The summed E-state index contributed by atoms with van der Waals surface area (Å²) >= 11 is 1.68. The molecular weight excluding hydrogens is 320 g/mol. The number of piperidine rings is 1. The van der Waals surface area contributed by atoms with Crippen molar-refractivity contribution in [2.75, 3.05) is 31.1 Å². The third kappa shape index (κ3) is 3.59. The molecule has 1 amide bonds. The fraction of sp³-hybridized carbons (Fsp3) is 0.500. The molecule has 3 heterocycles. The fourth-order valence-electron chi connectivity index (χ4n) is 3.23. The van der Waals surface area contributed by atoms with Gasteiger partial charge in [0.2, 0.25) is 0 Å². The molecule has 1 fully saturated rings. The largest absolute Gasteiger partial charge is 0.357 e. The maximum atomic E-state index is 12.8. The molecular formula is C18H24N4OS. The van der Waals surface area contributed by atoms with Crippen LogP contribution in [0.15, 0.2) is 29.9 Å². The first-order chi connectivity index (χ1) is 11.7. The molecule has 0 N–H and O–H groups in total. The van der Waals surface area contributed by atoms with Gasteiger partial charge in [0.05, 0.1) is 10.6 Å². The van der Waals surface area contributed by atoms with Crippen LogP contribution in [0.1, 0.15) is 48.0 Å². The standard InChI is InChI=1S/C18H24N4OS/c1-3-21(4-2)16-8-7-14(12-20-16)18(23)22-10-5-6-15(13-22)17-19-9-11-24-17/h7-9,11-12,15H,3-6,10,13H2,1-2H3/t15-/m1/s1. The van der Waals surface area contributed by atoms with E-state index in [-0.39, 0.29) is 5.91 Å². The molecule has 24 heavy (non-hydrogen) atoms. The van der Waals surface area contributed by atoms with Gasteiger partial charge in [-0.3, -0.25) is 4.79 Å². The number of hydrogen-bond donors (Lipinski definition) is 0. The summed E-state index contributed by atoms with van der Waals surface area (Å²) in [5.41, 5.74) is 0.672. The van der Waals surface area contributed by atoms with Crippen LogP contribution in [0.5, 0.6) is 0 Å². The van der Waals surface area contributed by atoms with Gasteiger partial charge in [0.25, 0.3) is 5.91 Å². The molecule has 0 unspecified atom stereocenters. The van der Waals surface area contributed by atoms with E-state index in [4.69, 9.17) is 0 Å². The number of thiazole rings is 1. The smallest absolute Gasteiger partial charge is 0.255 e. The van der Waals surface area contributed by atoms with Crippen molar-refractivity contribution in [3.8, 4) is 0 Å². The highest BCUT2D eigenvalue weighted by Gasteiger charge is 2.27. The number of carbonyl (C=O) groups is 1. The molecule has 5 nitrogen and oxygen atoms in total. The van der Waals surface area contributed by atoms with E-state index in [1.165, 1.54) is 0 Å². The molecule has 0 spiro atoms. The molecule has 2 aromatic rings. The van der Waals surface area contributed by atoms with Crippen molar-refractivity contribution in [2.24, 2.45) is 0 Å². The minimum atomic E-state index is 0.0786. The van der Waals surface area contributed by atoms with Crippen molar-refractivity contribution in [1.29, 1.82) is 0 Å². The highest BCUT2D eigenvalue weighted by Crippen LogP contribution is 2.29. The van der Waals surface area contributed by atoms with Gasteiger partial charge in [0.15, 0.2) is 0 Å². The second-order valence-electron chi connectivity index (χ2n) is 6.04. The maximum absolute atomic E-state index is 12.8.